The Morgan fingerprint density at radius 1 is 0.543 bits per heavy atom. The molecule has 2 unspecified atom stereocenters. The topological polar surface area (TPSA) is 0 Å². The van der Waals surface area contributed by atoms with Gasteiger partial charge in [-0.15, -0.1) is 0 Å². The Hall–Kier alpha value is -1.56. The zero-order valence-corrected chi connectivity index (χ0v) is 24.3. The van der Waals surface area contributed by atoms with Gasteiger partial charge in [0, 0.05) is 5.41 Å². The fourth-order valence-electron chi connectivity index (χ4n) is 6.41. The maximum absolute atomic E-state index is 2.54. The molecule has 0 fully saturated rings. The molecular weight excluding hydrogens is 420 g/mol. The second kappa shape index (κ2) is 12.6. The van der Waals surface area contributed by atoms with E-state index < -0.39 is 0 Å². The predicted octanol–water partition coefficient (Wildman–Crippen LogP) is 11.1. The van der Waals surface area contributed by atoms with Crippen LogP contribution in [0.4, 0.5) is 0 Å². The van der Waals surface area contributed by atoms with Crippen molar-refractivity contribution in [3.63, 3.8) is 0 Å². The Labute approximate surface area is 218 Å². The monoisotopic (exact) mass is 474 g/mol. The van der Waals surface area contributed by atoms with E-state index in [1.54, 1.807) is 11.1 Å². The molecular formula is C35H54. The zero-order valence-electron chi connectivity index (χ0n) is 24.3. The minimum absolute atomic E-state index is 0.182. The zero-order chi connectivity index (χ0) is 25.6. The Kier molecular flexibility index (Phi) is 10.1. The second-order valence-corrected chi connectivity index (χ2v) is 13.1. The standard InChI is InChI=1S/C35H54/c1-25(2)11-9-13-27(5)19-21-35(22-20-28(6)14-10-12-26(3)4)33-23-29(7)15-17-31(33)32-18-16-30(8)24-34(32)35/h15-18,23-28H,9-14,19-22H2,1-8H3. The summed E-state index contributed by atoms with van der Waals surface area (Å²) in [6.07, 6.45) is 13.5. The molecule has 0 bridgehead atoms. The van der Waals surface area contributed by atoms with Gasteiger partial charge in [-0.2, -0.15) is 0 Å². The van der Waals surface area contributed by atoms with Crippen molar-refractivity contribution >= 4 is 0 Å². The van der Waals surface area contributed by atoms with Crippen molar-refractivity contribution in [2.45, 2.75) is 125 Å². The Bertz CT molecular complexity index is 854. The van der Waals surface area contributed by atoms with Crippen molar-refractivity contribution in [1.29, 1.82) is 0 Å². The molecule has 0 nitrogen and oxygen atoms in total. The van der Waals surface area contributed by atoms with E-state index in [0.29, 0.717) is 0 Å². The van der Waals surface area contributed by atoms with Crippen LogP contribution < -0.4 is 0 Å². The highest BCUT2D eigenvalue weighted by Gasteiger charge is 2.42. The molecule has 0 amide bonds. The molecule has 0 heteroatoms. The van der Waals surface area contributed by atoms with Gasteiger partial charge < -0.3 is 0 Å². The lowest BCUT2D eigenvalue weighted by molar-refractivity contribution is 0.327. The molecule has 2 aromatic carbocycles. The minimum Gasteiger partial charge on any atom is -0.0628 e. The summed E-state index contributed by atoms with van der Waals surface area (Å²) in [6.45, 7) is 19.0. The molecule has 0 heterocycles. The van der Waals surface area contributed by atoms with Crippen LogP contribution in [0, 0.1) is 37.5 Å². The van der Waals surface area contributed by atoms with Crippen molar-refractivity contribution in [1.82, 2.24) is 0 Å². The summed E-state index contributed by atoms with van der Waals surface area (Å²) in [5, 5.41) is 0. The van der Waals surface area contributed by atoms with Crippen LogP contribution in [-0.2, 0) is 5.41 Å². The largest absolute Gasteiger partial charge is 0.0628 e. The van der Waals surface area contributed by atoms with E-state index in [2.05, 4.69) is 91.8 Å². The van der Waals surface area contributed by atoms with E-state index >= 15 is 0 Å². The molecule has 0 saturated heterocycles. The number of hydrogen-bond donors (Lipinski definition) is 0. The van der Waals surface area contributed by atoms with Crippen molar-refractivity contribution in [3.8, 4) is 11.1 Å². The molecule has 194 valence electrons. The molecule has 35 heavy (non-hydrogen) atoms. The molecule has 0 aliphatic heterocycles. The lowest BCUT2D eigenvalue weighted by Gasteiger charge is -2.35. The smallest absolute Gasteiger partial charge is 0.0215 e. The fraction of sp³-hybridized carbons (Fsp3) is 0.657. The number of hydrogen-bond acceptors (Lipinski definition) is 0. The molecule has 3 rings (SSSR count). The van der Waals surface area contributed by atoms with Crippen LogP contribution in [0.1, 0.15) is 128 Å². The van der Waals surface area contributed by atoms with Gasteiger partial charge in [0.25, 0.3) is 0 Å². The molecule has 0 N–H and O–H groups in total. The first-order chi connectivity index (χ1) is 16.6. The van der Waals surface area contributed by atoms with Crippen molar-refractivity contribution in [2.24, 2.45) is 23.7 Å². The van der Waals surface area contributed by atoms with Crippen LogP contribution in [0.5, 0.6) is 0 Å². The molecule has 0 aromatic heterocycles. The number of rotatable bonds is 14. The van der Waals surface area contributed by atoms with Gasteiger partial charge in [-0.3, -0.25) is 0 Å². The van der Waals surface area contributed by atoms with E-state index in [1.807, 2.05) is 0 Å². The van der Waals surface area contributed by atoms with E-state index in [9.17, 15) is 0 Å². The predicted molar refractivity (Wildman–Crippen MR) is 156 cm³/mol. The maximum Gasteiger partial charge on any atom is 0.0215 e. The van der Waals surface area contributed by atoms with Gasteiger partial charge in [0.1, 0.15) is 0 Å². The summed E-state index contributed by atoms with van der Waals surface area (Å²) < 4.78 is 0. The second-order valence-electron chi connectivity index (χ2n) is 13.1. The average Bonchev–Trinajstić information content (AvgIpc) is 3.04. The number of benzene rings is 2. The number of aryl methyl sites for hydroxylation is 2. The van der Waals surface area contributed by atoms with E-state index in [4.69, 9.17) is 0 Å². The van der Waals surface area contributed by atoms with Gasteiger partial charge in [0.15, 0.2) is 0 Å². The third-order valence-electron chi connectivity index (χ3n) is 8.76. The first-order valence-electron chi connectivity index (χ1n) is 14.8. The summed E-state index contributed by atoms with van der Waals surface area (Å²) in [4.78, 5) is 0. The highest BCUT2D eigenvalue weighted by atomic mass is 14.5. The van der Waals surface area contributed by atoms with Gasteiger partial charge >= 0.3 is 0 Å². The van der Waals surface area contributed by atoms with Crippen LogP contribution in [0.3, 0.4) is 0 Å². The summed E-state index contributed by atoms with van der Waals surface area (Å²) in [5.41, 5.74) is 9.27. The lowest BCUT2D eigenvalue weighted by atomic mass is 9.68. The maximum atomic E-state index is 2.54. The third kappa shape index (κ3) is 7.24. The average molecular weight is 475 g/mol. The van der Waals surface area contributed by atoms with Crippen molar-refractivity contribution in [3.05, 3.63) is 58.7 Å². The molecule has 1 aliphatic rings. The molecule has 0 spiro atoms. The SMILES string of the molecule is Cc1ccc2c(c1)C(CCC(C)CCCC(C)C)(CCC(C)CCCC(C)C)c1cc(C)ccc1-2. The molecule has 2 atom stereocenters. The van der Waals surface area contributed by atoms with Crippen molar-refractivity contribution in [2.75, 3.05) is 0 Å². The first kappa shape index (κ1) is 28.0. The minimum atomic E-state index is 0.182. The van der Waals surface area contributed by atoms with Crippen LogP contribution in [0.2, 0.25) is 0 Å². The third-order valence-corrected chi connectivity index (χ3v) is 8.76. The lowest BCUT2D eigenvalue weighted by Crippen LogP contribution is -2.27. The summed E-state index contributed by atoms with van der Waals surface area (Å²) in [6, 6.07) is 14.6. The Morgan fingerprint density at radius 2 is 0.943 bits per heavy atom. The van der Waals surface area contributed by atoms with Gasteiger partial charge in [0.2, 0.25) is 0 Å². The Balaban J connectivity index is 1.88. The molecule has 0 saturated carbocycles. The van der Waals surface area contributed by atoms with E-state index in [-0.39, 0.29) is 5.41 Å². The normalized spacial score (nSPS) is 15.9. The molecule has 1 aliphatic carbocycles. The van der Waals surface area contributed by atoms with Gasteiger partial charge in [-0.05, 0) is 85.5 Å². The van der Waals surface area contributed by atoms with Gasteiger partial charge in [-0.25, -0.2) is 0 Å². The Morgan fingerprint density at radius 3 is 1.31 bits per heavy atom. The summed E-state index contributed by atoms with van der Waals surface area (Å²) in [7, 11) is 0. The van der Waals surface area contributed by atoms with Gasteiger partial charge in [0.05, 0.1) is 0 Å². The highest BCUT2D eigenvalue weighted by Crippen LogP contribution is 2.55. The fourth-order valence-corrected chi connectivity index (χ4v) is 6.41. The van der Waals surface area contributed by atoms with Crippen LogP contribution >= 0.6 is 0 Å². The van der Waals surface area contributed by atoms with E-state index in [0.717, 1.165) is 23.7 Å². The quantitative estimate of drug-likeness (QED) is 0.255. The van der Waals surface area contributed by atoms with Crippen LogP contribution in [-0.4, -0.2) is 0 Å². The highest BCUT2D eigenvalue weighted by molar-refractivity contribution is 5.81. The summed E-state index contributed by atoms with van der Waals surface area (Å²) >= 11 is 0. The first-order valence-corrected chi connectivity index (χ1v) is 14.8. The van der Waals surface area contributed by atoms with Crippen molar-refractivity contribution < 1.29 is 0 Å². The number of fused-ring (bicyclic) bond motifs is 3. The van der Waals surface area contributed by atoms with Gasteiger partial charge in [-0.1, -0.05) is 128 Å². The molecule has 2 aromatic rings. The van der Waals surface area contributed by atoms with Crippen LogP contribution in [0.15, 0.2) is 36.4 Å². The van der Waals surface area contributed by atoms with E-state index in [1.165, 1.54) is 86.5 Å². The molecule has 0 radical (unpaired) electrons. The summed E-state index contributed by atoms with van der Waals surface area (Å²) in [5.74, 6) is 3.25. The van der Waals surface area contributed by atoms with Crippen LogP contribution in [0.25, 0.3) is 11.1 Å².